The van der Waals surface area contributed by atoms with Gasteiger partial charge in [-0.3, -0.25) is 4.79 Å². The van der Waals surface area contributed by atoms with Crippen molar-refractivity contribution in [2.45, 2.75) is 59.8 Å². The third-order valence-electron chi connectivity index (χ3n) is 6.07. The first-order valence-corrected chi connectivity index (χ1v) is 11.0. The van der Waals surface area contributed by atoms with E-state index in [1.165, 1.54) is 7.11 Å². The molecule has 0 N–H and O–H groups in total. The summed E-state index contributed by atoms with van der Waals surface area (Å²) in [6, 6.07) is 11.7. The number of hydrogen-bond acceptors (Lipinski definition) is 4. The number of ketones is 1. The van der Waals surface area contributed by atoms with E-state index in [9.17, 15) is 9.59 Å². The number of methoxy groups -OCH3 is 1. The van der Waals surface area contributed by atoms with Crippen molar-refractivity contribution in [2.24, 2.45) is 5.41 Å². The van der Waals surface area contributed by atoms with Crippen LogP contribution in [0, 0.1) is 12.3 Å². The molecule has 0 aliphatic carbocycles. The standard InChI is InChI=1S/C26H33ClO4/c1-8-26(9-2,18-10-12-20(17(3)14-18)24(29)30-7)19-11-13-22(21(27)15-19)31-16-23(28)25(4,5)6/h10-15H,8-9,16H2,1-7H3. The molecular weight excluding hydrogens is 412 g/mol. The van der Waals surface area contributed by atoms with E-state index in [-0.39, 0.29) is 23.8 Å². The molecule has 0 amide bonds. The molecule has 31 heavy (non-hydrogen) atoms. The van der Waals surface area contributed by atoms with Crippen LogP contribution >= 0.6 is 11.6 Å². The lowest BCUT2D eigenvalue weighted by molar-refractivity contribution is -0.128. The first kappa shape index (κ1) is 24.9. The minimum absolute atomic E-state index is 0.0105. The number of rotatable bonds is 8. The maximum Gasteiger partial charge on any atom is 0.338 e. The molecule has 168 valence electrons. The van der Waals surface area contributed by atoms with Crippen molar-refractivity contribution in [3.63, 3.8) is 0 Å². The fraction of sp³-hybridized carbons (Fsp3) is 0.462. The van der Waals surface area contributed by atoms with Gasteiger partial charge in [-0.05, 0) is 54.7 Å². The fourth-order valence-corrected chi connectivity index (χ4v) is 4.04. The second kappa shape index (κ2) is 9.86. The van der Waals surface area contributed by atoms with Crippen molar-refractivity contribution >= 4 is 23.4 Å². The second-order valence-corrected chi connectivity index (χ2v) is 9.32. The summed E-state index contributed by atoms with van der Waals surface area (Å²) < 4.78 is 10.6. The number of Topliss-reactive ketones (excluding diaryl/α,β-unsaturated/α-hetero) is 1. The van der Waals surface area contributed by atoms with Gasteiger partial charge in [0.05, 0.1) is 17.7 Å². The van der Waals surface area contributed by atoms with Gasteiger partial charge in [-0.25, -0.2) is 4.79 Å². The number of halogens is 1. The molecule has 0 spiro atoms. The smallest absolute Gasteiger partial charge is 0.338 e. The summed E-state index contributed by atoms with van der Waals surface area (Å²) in [5, 5.41) is 0.480. The van der Waals surface area contributed by atoms with Crippen LogP contribution in [-0.2, 0) is 14.9 Å². The van der Waals surface area contributed by atoms with E-state index >= 15 is 0 Å². The highest BCUT2D eigenvalue weighted by atomic mass is 35.5. The van der Waals surface area contributed by atoms with Crippen LogP contribution in [0.3, 0.4) is 0 Å². The van der Waals surface area contributed by atoms with Crippen LogP contribution in [0.25, 0.3) is 0 Å². The van der Waals surface area contributed by atoms with E-state index in [0.29, 0.717) is 16.3 Å². The molecule has 0 unspecified atom stereocenters. The summed E-state index contributed by atoms with van der Waals surface area (Å²) in [6.45, 7) is 11.8. The molecular formula is C26H33ClO4. The van der Waals surface area contributed by atoms with Gasteiger partial charge in [-0.2, -0.15) is 0 Å². The Kier molecular flexibility index (Phi) is 7.93. The number of carbonyl (C=O) groups is 2. The number of benzene rings is 2. The van der Waals surface area contributed by atoms with Crippen molar-refractivity contribution in [1.29, 1.82) is 0 Å². The molecule has 0 aromatic heterocycles. The van der Waals surface area contributed by atoms with Gasteiger partial charge in [0.2, 0.25) is 0 Å². The summed E-state index contributed by atoms with van der Waals surface area (Å²) in [5.74, 6) is 0.184. The largest absolute Gasteiger partial charge is 0.484 e. The summed E-state index contributed by atoms with van der Waals surface area (Å²) in [6.07, 6.45) is 1.72. The average molecular weight is 445 g/mol. The number of carbonyl (C=O) groups excluding carboxylic acids is 2. The molecule has 2 rings (SSSR count). The number of esters is 1. The topological polar surface area (TPSA) is 52.6 Å². The van der Waals surface area contributed by atoms with Gasteiger partial charge in [0.25, 0.3) is 0 Å². The summed E-state index contributed by atoms with van der Waals surface area (Å²) in [7, 11) is 1.39. The number of ether oxygens (including phenoxy) is 2. The summed E-state index contributed by atoms with van der Waals surface area (Å²) in [5.41, 5.74) is 2.92. The van der Waals surface area contributed by atoms with Gasteiger partial charge in [0, 0.05) is 10.8 Å². The Labute approximate surface area is 190 Å². The molecule has 5 heteroatoms. The molecule has 4 nitrogen and oxygen atoms in total. The van der Waals surface area contributed by atoms with E-state index in [2.05, 4.69) is 19.9 Å². The molecule has 0 atom stereocenters. The zero-order valence-corrected chi connectivity index (χ0v) is 20.4. The SMILES string of the molecule is CCC(CC)(c1ccc(C(=O)OC)c(C)c1)c1ccc(OCC(=O)C(C)(C)C)c(Cl)c1. The molecule has 0 bridgehead atoms. The average Bonchev–Trinajstić information content (AvgIpc) is 2.73. The number of aryl methyl sites for hydroxylation is 1. The Morgan fingerprint density at radius 1 is 0.968 bits per heavy atom. The Morgan fingerprint density at radius 2 is 1.55 bits per heavy atom. The molecule has 0 aliphatic heterocycles. The van der Waals surface area contributed by atoms with Crippen LogP contribution in [0.4, 0.5) is 0 Å². The maximum atomic E-state index is 12.2. The van der Waals surface area contributed by atoms with Crippen LogP contribution < -0.4 is 4.74 Å². The van der Waals surface area contributed by atoms with Gasteiger partial charge in [-0.15, -0.1) is 0 Å². The molecule has 0 radical (unpaired) electrons. The molecule has 0 fully saturated rings. The minimum atomic E-state index is -0.458. The molecule has 0 heterocycles. The monoisotopic (exact) mass is 444 g/mol. The maximum absolute atomic E-state index is 12.2. The second-order valence-electron chi connectivity index (χ2n) is 8.92. The highest BCUT2D eigenvalue weighted by molar-refractivity contribution is 6.32. The lowest BCUT2D eigenvalue weighted by Gasteiger charge is -2.34. The van der Waals surface area contributed by atoms with Crippen LogP contribution in [0.15, 0.2) is 36.4 Å². The lowest BCUT2D eigenvalue weighted by Crippen LogP contribution is -2.27. The van der Waals surface area contributed by atoms with Crippen molar-refractivity contribution in [1.82, 2.24) is 0 Å². The highest BCUT2D eigenvalue weighted by Crippen LogP contribution is 2.42. The Morgan fingerprint density at radius 3 is 2.03 bits per heavy atom. The van der Waals surface area contributed by atoms with Gasteiger partial charge in [0.15, 0.2) is 5.78 Å². The van der Waals surface area contributed by atoms with E-state index in [1.807, 2.05) is 58.0 Å². The molecule has 2 aromatic carbocycles. The normalized spacial score (nSPS) is 11.9. The van der Waals surface area contributed by atoms with E-state index in [1.54, 1.807) is 0 Å². The Bertz CT molecular complexity index is 952. The first-order chi connectivity index (χ1) is 14.5. The quantitative estimate of drug-likeness (QED) is 0.434. The first-order valence-electron chi connectivity index (χ1n) is 10.7. The van der Waals surface area contributed by atoms with E-state index in [0.717, 1.165) is 29.5 Å². The van der Waals surface area contributed by atoms with Crippen molar-refractivity contribution in [2.75, 3.05) is 13.7 Å². The molecule has 2 aromatic rings. The van der Waals surface area contributed by atoms with Crippen molar-refractivity contribution in [3.05, 3.63) is 63.7 Å². The third kappa shape index (κ3) is 5.30. The van der Waals surface area contributed by atoms with Crippen molar-refractivity contribution in [3.8, 4) is 5.75 Å². The minimum Gasteiger partial charge on any atom is -0.484 e. The summed E-state index contributed by atoms with van der Waals surface area (Å²) >= 11 is 6.55. The Hall–Kier alpha value is -2.33. The van der Waals surface area contributed by atoms with Crippen LogP contribution in [0.1, 0.15) is 74.5 Å². The van der Waals surface area contributed by atoms with Gasteiger partial charge in [-0.1, -0.05) is 64.4 Å². The van der Waals surface area contributed by atoms with Gasteiger partial charge >= 0.3 is 5.97 Å². The highest BCUT2D eigenvalue weighted by Gasteiger charge is 2.32. The Balaban J connectivity index is 2.41. The van der Waals surface area contributed by atoms with Crippen molar-refractivity contribution < 1.29 is 19.1 Å². The van der Waals surface area contributed by atoms with Gasteiger partial charge < -0.3 is 9.47 Å². The zero-order valence-electron chi connectivity index (χ0n) is 19.6. The zero-order chi connectivity index (χ0) is 23.4. The fourth-order valence-electron chi connectivity index (χ4n) is 3.81. The number of hydrogen-bond donors (Lipinski definition) is 0. The molecule has 0 aliphatic rings. The third-order valence-corrected chi connectivity index (χ3v) is 6.37. The summed E-state index contributed by atoms with van der Waals surface area (Å²) in [4.78, 5) is 24.2. The van der Waals surface area contributed by atoms with E-state index in [4.69, 9.17) is 21.1 Å². The van der Waals surface area contributed by atoms with Crippen LogP contribution in [0.2, 0.25) is 5.02 Å². The van der Waals surface area contributed by atoms with Gasteiger partial charge in [0.1, 0.15) is 12.4 Å². The van der Waals surface area contributed by atoms with Crippen LogP contribution in [0.5, 0.6) is 5.75 Å². The van der Waals surface area contributed by atoms with E-state index < -0.39 is 5.41 Å². The van der Waals surface area contributed by atoms with Crippen LogP contribution in [-0.4, -0.2) is 25.5 Å². The predicted octanol–water partition coefficient (Wildman–Crippen LogP) is 6.54. The molecule has 0 saturated heterocycles. The predicted molar refractivity (Wildman–Crippen MR) is 125 cm³/mol. The lowest BCUT2D eigenvalue weighted by atomic mass is 9.70. The molecule has 0 saturated carbocycles.